The summed E-state index contributed by atoms with van der Waals surface area (Å²) < 4.78 is 5.05. The normalized spacial score (nSPS) is 15.0. The van der Waals surface area contributed by atoms with Crippen LogP contribution < -0.4 is 0 Å². The number of allylic oxidation sites excluding steroid dienone is 2. The number of ether oxygens (including phenoxy) is 1. The van der Waals surface area contributed by atoms with E-state index < -0.39 is 0 Å². The maximum absolute atomic E-state index is 6.80. The molecule has 0 aliphatic heterocycles. The third-order valence-electron chi connectivity index (χ3n) is 1.57. The van der Waals surface area contributed by atoms with E-state index in [1.807, 2.05) is 0 Å². The summed E-state index contributed by atoms with van der Waals surface area (Å²) in [6.07, 6.45) is 1.84. The van der Waals surface area contributed by atoms with Gasteiger partial charge in [-0.2, -0.15) is 5.11 Å². The summed E-state index contributed by atoms with van der Waals surface area (Å²) in [7, 11) is 1.55. The molecule has 0 spiro atoms. The van der Waals surface area contributed by atoms with Gasteiger partial charge in [0, 0.05) is 0 Å². The van der Waals surface area contributed by atoms with Gasteiger partial charge in [-0.3, -0.25) is 0 Å². The summed E-state index contributed by atoms with van der Waals surface area (Å²) in [5.74, 6) is 0.605. The van der Waals surface area contributed by atoms with Gasteiger partial charge in [0.2, 0.25) is 0 Å². The lowest BCUT2D eigenvalue weighted by Gasteiger charge is -2.12. The number of rotatable bonds is 5. The highest BCUT2D eigenvalue weighted by Gasteiger charge is 2.13. The monoisotopic (exact) mass is 190 g/mol. The molecular weight excluding hydrogens is 176 g/mol. The van der Waals surface area contributed by atoms with E-state index in [0.717, 1.165) is 12.8 Å². The Morgan fingerprint density at radius 1 is 1.67 bits per heavy atom. The van der Waals surface area contributed by atoms with Crippen LogP contribution in [0, 0.1) is 5.53 Å². The SMILES string of the molecule is CCCC(Cl)/C(OC)=C(/C)N=N. The van der Waals surface area contributed by atoms with Crippen molar-refractivity contribution in [2.45, 2.75) is 32.1 Å². The minimum Gasteiger partial charge on any atom is -0.498 e. The topological polar surface area (TPSA) is 45.4 Å². The molecular formula is C8H15ClN2O. The second-order valence-corrected chi connectivity index (χ2v) is 3.05. The molecule has 4 heteroatoms. The van der Waals surface area contributed by atoms with E-state index in [9.17, 15) is 0 Å². The largest absolute Gasteiger partial charge is 0.498 e. The zero-order valence-electron chi connectivity index (χ0n) is 7.72. The fourth-order valence-corrected chi connectivity index (χ4v) is 1.41. The smallest absolute Gasteiger partial charge is 0.136 e. The highest BCUT2D eigenvalue weighted by molar-refractivity contribution is 6.22. The molecule has 1 unspecified atom stereocenters. The number of hydrogen-bond donors (Lipinski definition) is 1. The molecule has 1 atom stereocenters. The molecule has 0 saturated carbocycles. The standard InChI is InChI=1S/C8H15ClN2O/c1-4-5-7(9)8(12-3)6(2)11-10/h7,10H,4-5H2,1-3H3/b8-6+,11-10?. The van der Waals surface area contributed by atoms with Gasteiger partial charge in [0.25, 0.3) is 0 Å². The summed E-state index contributed by atoms with van der Waals surface area (Å²) in [5.41, 5.74) is 7.34. The van der Waals surface area contributed by atoms with Crippen LogP contribution in [0.1, 0.15) is 26.7 Å². The van der Waals surface area contributed by atoms with Crippen LogP contribution in [0.25, 0.3) is 0 Å². The van der Waals surface area contributed by atoms with Gasteiger partial charge in [-0.05, 0) is 13.3 Å². The van der Waals surface area contributed by atoms with Crippen LogP contribution in [0.2, 0.25) is 0 Å². The van der Waals surface area contributed by atoms with Crippen LogP contribution >= 0.6 is 11.6 Å². The molecule has 3 nitrogen and oxygen atoms in total. The summed E-state index contributed by atoms with van der Waals surface area (Å²) >= 11 is 5.99. The van der Waals surface area contributed by atoms with Gasteiger partial charge >= 0.3 is 0 Å². The number of nitrogens with one attached hydrogen (secondary N) is 1. The van der Waals surface area contributed by atoms with Gasteiger partial charge in [0.15, 0.2) is 0 Å². The lowest BCUT2D eigenvalue weighted by molar-refractivity contribution is 0.271. The van der Waals surface area contributed by atoms with Gasteiger partial charge in [-0.25, -0.2) is 5.53 Å². The molecule has 1 N–H and O–H groups in total. The Labute approximate surface area is 78.3 Å². The molecule has 12 heavy (non-hydrogen) atoms. The molecule has 0 radical (unpaired) electrons. The second-order valence-electron chi connectivity index (χ2n) is 2.52. The first-order valence-corrected chi connectivity index (χ1v) is 4.37. The van der Waals surface area contributed by atoms with Crippen LogP contribution in [0.5, 0.6) is 0 Å². The quantitative estimate of drug-likeness (QED) is 0.404. The first-order chi connectivity index (χ1) is 5.67. The molecule has 0 aliphatic carbocycles. The van der Waals surface area contributed by atoms with Crippen LogP contribution in [-0.2, 0) is 4.74 Å². The predicted molar refractivity (Wildman–Crippen MR) is 49.4 cm³/mol. The number of alkyl halides is 1. The Balaban J connectivity index is 4.42. The molecule has 0 aromatic heterocycles. The molecule has 0 rings (SSSR count). The van der Waals surface area contributed by atoms with Crippen molar-refractivity contribution in [1.29, 1.82) is 5.53 Å². The molecule has 70 valence electrons. The van der Waals surface area contributed by atoms with E-state index in [4.69, 9.17) is 21.9 Å². The highest BCUT2D eigenvalue weighted by atomic mass is 35.5. The van der Waals surface area contributed by atoms with Crippen LogP contribution in [0.15, 0.2) is 16.6 Å². The van der Waals surface area contributed by atoms with Crippen molar-refractivity contribution in [3.63, 3.8) is 0 Å². The summed E-state index contributed by atoms with van der Waals surface area (Å²) in [4.78, 5) is 0. The van der Waals surface area contributed by atoms with Crippen molar-refractivity contribution >= 4 is 11.6 Å². The molecule has 0 aromatic rings. The van der Waals surface area contributed by atoms with Crippen molar-refractivity contribution in [3.05, 3.63) is 11.5 Å². The summed E-state index contributed by atoms with van der Waals surface area (Å²) in [5, 5.41) is 3.12. The van der Waals surface area contributed by atoms with Crippen LogP contribution in [0.3, 0.4) is 0 Å². The van der Waals surface area contributed by atoms with E-state index in [2.05, 4.69) is 12.0 Å². The maximum Gasteiger partial charge on any atom is 0.136 e. The van der Waals surface area contributed by atoms with Crippen molar-refractivity contribution in [2.24, 2.45) is 5.11 Å². The number of hydrogen-bond acceptors (Lipinski definition) is 3. The fourth-order valence-electron chi connectivity index (χ4n) is 0.942. The average molecular weight is 191 g/mol. The molecule has 0 bridgehead atoms. The zero-order valence-corrected chi connectivity index (χ0v) is 8.48. The van der Waals surface area contributed by atoms with Crippen molar-refractivity contribution < 1.29 is 4.74 Å². The molecule has 0 amide bonds. The minimum atomic E-state index is -0.158. The van der Waals surface area contributed by atoms with E-state index in [0.29, 0.717) is 11.5 Å². The Hall–Kier alpha value is -0.570. The number of methoxy groups -OCH3 is 1. The molecule has 0 aromatic carbocycles. The van der Waals surface area contributed by atoms with Gasteiger partial charge in [0.1, 0.15) is 5.76 Å². The van der Waals surface area contributed by atoms with Crippen LogP contribution in [-0.4, -0.2) is 12.5 Å². The van der Waals surface area contributed by atoms with Crippen molar-refractivity contribution in [1.82, 2.24) is 0 Å². The third-order valence-corrected chi connectivity index (χ3v) is 1.99. The van der Waals surface area contributed by atoms with Gasteiger partial charge < -0.3 is 4.74 Å². The lowest BCUT2D eigenvalue weighted by Crippen LogP contribution is -2.06. The van der Waals surface area contributed by atoms with E-state index in [1.54, 1.807) is 14.0 Å². The Bertz CT molecular complexity index is 180. The Morgan fingerprint density at radius 3 is 2.58 bits per heavy atom. The van der Waals surface area contributed by atoms with Crippen molar-refractivity contribution in [2.75, 3.05) is 7.11 Å². The summed E-state index contributed by atoms with van der Waals surface area (Å²) in [6.45, 7) is 3.77. The highest BCUT2D eigenvalue weighted by Crippen LogP contribution is 2.20. The van der Waals surface area contributed by atoms with E-state index in [-0.39, 0.29) is 5.38 Å². The fraction of sp³-hybridized carbons (Fsp3) is 0.750. The molecule has 0 saturated heterocycles. The van der Waals surface area contributed by atoms with Gasteiger partial charge in [0.05, 0.1) is 18.2 Å². The lowest BCUT2D eigenvalue weighted by atomic mass is 10.2. The Morgan fingerprint density at radius 2 is 2.25 bits per heavy atom. The minimum absolute atomic E-state index is 0.158. The number of nitrogens with zero attached hydrogens (tertiary/aromatic N) is 1. The molecule has 0 fully saturated rings. The zero-order chi connectivity index (χ0) is 9.56. The second kappa shape index (κ2) is 6.00. The van der Waals surface area contributed by atoms with Crippen molar-refractivity contribution in [3.8, 4) is 0 Å². The van der Waals surface area contributed by atoms with Gasteiger partial charge in [-0.15, -0.1) is 11.6 Å². The first-order valence-electron chi connectivity index (χ1n) is 3.93. The summed E-state index contributed by atoms with van der Waals surface area (Å²) in [6, 6.07) is 0. The van der Waals surface area contributed by atoms with E-state index in [1.165, 1.54) is 0 Å². The van der Waals surface area contributed by atoms with Crippen LogP contribution in [0.4, 0.5) is 0 Å². The predicted octanol–water partition coefficient (Wildman–Crippen LogP) is 3.30. The number of halogens is 1. The molecule has 0 aliphatic rings. The Kier molecular flexibility index (Phi) is 5.72. The first kappa shape index (κ1) is 11.4. The maximum atomic E-state index is 6.80. The van der Waals surface area contributed by atoms with E-state index >= 15 is 0 Å². The average Bonchev–Trinajstić information content (AvgIpc) is 2.06. The third kappa shape index (κ3) is 3.22. The molecule has 0 heterocycles. The van der Waals surface area contributed by atoms with Gasteiger partial charge in [-0.1, -0.05) is 13.3 Å².